The van der Waals surface area contributed by atoms with E-state index in [9.17, 15) is 27.6 Å². The Bertz CT molecular complexity index is 747. The van der Waals surface area contributed by atoms with Gasteiger partial charge in [0.15, 0.2) is 0 Å². The first-order valence-corrected chi connectivity index (χ1v) is 8.76. The molecule has 1 aromatic carbocycles. The van der Waals surface area contributed by atoms with Gasteiger partial charge in [-0.1, -0.05) is 6.07 Å². The van der Waals surface area contributed by atoms with Gasteiger partial charge in [0.1, 0.15) is 11.6 Å². The molecule has 0 aliphatic heterocycles. The van der Waals surface area contributed by atoms with Crippen LogP contribution in [0.25, 0.3) is 0 Å². The quantitative estimate of drug-likeness (QED) is 0.644. The molecule has 156 valence electrons. The van der Waals surface area contributed by atoms with E-state index in [-0.39, 0.29) is 16.6 Å². The molecule has 11 heteroatoms. The SMILES string of the molecule is COC(=O)[C@H](Cc1ccc(NC(=O)C(F)(F)F)c(Br)c1)NC(=O)OC(C)(C)C. The Morgan fingerprint density at radius 1 is 1.18 bits per heavy atom. The molecule has 0 spiro atoms. The lowest BCUT2D eigenvalue weighted by molar-refractivity contribution is -0.167. The predicted octanol–water partition coefficient (Wildman–Crippen LogP) is 3.56. The van der Waals surface area contributed by atoms with Crippen molar-refractivity contribution < 1.29 is 37.0 Å². The van der Waals surface area contributed by atoms with Gasteiger partial charge >= 0.3 is 24.1 Å². The standard InChI is InChI=1S/C17H20BrF3N2O5/c1-16(2,3)28-15(26)23-12(13(24)27-4)8-9-5-6-11(10(18)7-9)22-14(25)17(19,20)21/h5-7,12H,8H2,1-4H3,(H,22,25)(H,23,26)/t12-/m0/s1. The summed E-state index contributed by atoms with van der Waals surface area (Å²) in [6.45, 7) is 4.97. The van der Waals surface area contributed by atoms with Gasteiger partial charge in [0.25, 0.3) is 0 Å². The van der Waals surface area contributed by atoms with E-state index in [4.69, 9.17) is 4.74 Å². The summed E-state index contributed by atoms with van der Waals surface area (Å²) in [7, 11) is 1.15. The Balaban J connectivity index is 2.92. The Morgan fingerprint density at radius 3 is 2.25 bits per heavy atom. The fraction of sp³-hybridized carbons (Fsp3) is 0.471. The van der Waals surface area contributed by atoms with Crippen molar-refractivity contribution in [2.75, 3.05) is 12.4 Å². The van der Waals surface area contributed by atoms with Crippen LogP contribution >= 0.6 is 15.9 Å². The highest BCUT2D eigenvalue weighted by Gasteiger charge is 2.39. The molecule has 0 aliphatic carbocycles. The Morgan fingerprint density at radius 2 is 1.79 bits per heavy atom. The van der Waals surface area contributed by atoms with Gasteiger partial charge in [0.05, 0.1) is 12.8 Å². The fourth-order valence-electron chi connectivity index (χ4n) is 2.00. The zero-order valence-corrected chi connectivity index (χ0v) is 17.2. The number of rotatable bonds is 5. The van der Waals surface area contributed by atoms with Gasteiger partial charge in [-0.25, -0.2) is 9.59 Å². The number of esters is 1. The number of halogens is 4. The van der Waals surface area contributed by atoms with Crippen molar-refractivity contribution in [2.45, 2.75) is 45.0 Å². The van der Waals surface area contributed by atoms with E-state index in [0.717, 1.165) is 7.11 Å². The van der Waals surface area contributed by atoms with Crippen LogP contribution < -0.4 is 10.6 Å². The molecule has 1 atom stereocenters. The summed E-state index contributed by atoms with van der Waals surface area (Å²) in [4.78, 5) is 34.9. The van der Waals surface area contributed by atoms with Crippen molar-refractivity contribution in [1.29, 1.82) is 0 Å². The van der Waals surface area contributed by atoms with Crippen molar-refractivity contribution in [3.05, 3.63) is 28.2 Å². The molecule has 1 aromatic rings. The number of methoxy groups -OCH3 is 1. The number of ether oxygens (including phenoxy) is 2. The molecule has 0 unspecified atom stereocenters. The van der Waals surface area contributed by atoms with Crippen LogP contribution in [0.1, 0.15) is 26.3 Å². The molecule has 0 fully saturated rings. The molecule has 0 aliphatic rings. The minimum absolute atomic E-state index is 0.0159. The topological polar surface area (TPSA) is 93.7 Å². The number of hydrogen-bond donors (Lipinski definition) is 2. The normalized spacial score (nSPS) is 12.7. The van der Waals surface area contributed by atoms with Crippen LogP contribution in [0.5, 0.6) is 0 Å². The maximum absolute atomic E-state index is 12.4. The molecule has 0 bridgehead atoms. The summed E-state index contributed by atoms with van der Waals surface area (Å²) >= 11 is 3.07. The number of nitrogens with one attached hydrogen (secondary N) is 2. The lowest BCUT2D eigenvalue weighted by Gasteiger charge is -2.22. The number of hydrogen-bond acceptors (Lipinski definition) is 5. The number of alkyl halides is 3. The maximum Gasteiger partial charge on any atom is 0.471 e. The van der Waals surface area contributed by atoms with Gasteiger partial charge in [-0.3, -0.25) is 4.79 Å². The Kier molecular flexibility index (Phi) is 7.85. The second-order valence-corrected chi connectivity index (χ2v) is 7.55. The van der Waals surface area contributed by atoms with Crippen LogP contribution in [0, 0.1) is 0 Å². The molecule has 7 nitrogen and oxygen atoms in total. The minimum atomic E-state index is -5.02. The zero-order valence-electron chi connectivity index (χ0n) is 15.6. The van der Waals surface area contributed by atoms with Gasteiger partial charge in [-0.2, -0.15) is 13.2 Å². The number of carbonyl (C=O) groups is 3. The first kappa shape index (κ1) is 23.7. The summed E-state index contributed by atoms with van der Waals surface area (Å²) in [6, 6.07) is 2.98. The third kappa shape index (κ3) is 7.75. The van der Waals surface area contributed by atoms with Crippen molar-refractivity contribution in [1.82, 2.24) is 5.32 Å². The van der Waals surface area contributed by atoms with Crippen LogP contribution in [0.4, 0.5) is 23.7 Å². The second-order valence-electron chi connectivity index (χ2n) is 6.69. The molecule has 0 radical (unpaired) electrons. The van der Waals surface area contributed by atoms with Gasteiger partial charge < -0.3 is 20.1 Å². The maximum atomic E-state index is 12.4. The van der Waals surface area contributed by atoms with Crippen molar-refractivity contribution in [3.8, 4) is 0 Å². The third-order valence-corrected chi connectivity index (χ3v) is 3.81. The monoisotopic (exact) mass is 468 g/mol. The van der Waals surface area contributed by atoms with Crippen LogP contribution in [0.2, 0.25) is 0 Å². The molecule has 28 heavy (non-hydrogen) atoms. The first-order chi connectivity index (χ1) is 12.7. The molecule has 0 saturated heterocycles. The number of anilines is 1. The largest absolute Gasteiger partial charge is 0.471 e. The molecular formula is C17H20BrF3N2O5. The van der Waals surface area contributed by atoms with E-state index >= 15 is 0 Å². The summed E-state index contributed by atoms with van der Waals surface area (Å²) in [6.07, 6.45) is -5.86. The summed E-state index contributed by atoms with van der Waals surface area (Å²) < 4.78 is 47.0. The first-order valence-electron chi connectivity index (χ1n) is 7.97. The lowest BCUT2D eigenvalue weighted by Crippen LogP contribution is -2.45. The van der Waals surface area contributed by atoms with Crippen molar-refractivity contribution >= 4 is 39.6 Å². The number of carbonyl (C=O) groups excluding carboxylic acids is 3. The minimum Gasteiger partial charge on any atom is -0.467 e. The highest BCUT2D eigenvalue weighted by atomic mass is 79.9. The van der Waals surface area contributed by atoms with Crippen LogP contribution in [0.3, 0.4) is 0 Å². The van der Waals surface area contributed by atoms with E-state index in [1.165, 1.54) is 18.2 Å². The lowest BCUT2D eigenvalue weighted by atomic mass is 10.1. The number of amides is 2. The van der Waals surface area contributed by atoms with Crippen LogP contribution in [-0.4, -0.2) is 42.9 Å². The average molecular weight is 469 g/mol. The van der Waals surface area contributed by atoms with E-state index in [1.54, 1.807) is 26.1 Å². The fourth-order valence-corrected chi connectivity index (χ4v) is 2.53. The van der Waals surface area contributed by atoms with E-state index in [2.05, 4.69) is 26.0 Å². The van der Waals surface area contributed by atoms with E-state index in [1.807, 2.05) is 0 Å². The molecule has 0 heterocycles. The van der Waals surface area contributed by atoms with E-state index < -0.39 is 35.8 Å². The summed E-state index contributed by atoms with van der Waals surface area (Å²) in [5.74, 6) is -2.84. The number of benzene rings is 1. The molecule has 0 aromatic heterocycles. The molecule has 2 amide bonds. The zero-order chi connectivity index (χ0) is 21.7. The van der Waals surface area contributed by atoms with E-state index in [0.29, 0.717) is 5.56 Å². The Labute approximate surface area is 168 Å². The van der Waals surface area contributed by atoms with Gasteiger partial charge in [-0.05, 0) is 54.4 Å². The van der Waals surface area contributed by atoms with Crippen LogP contribution in [-0.2, 0) is 25.5 Å². The van der Waals surface area contributed by atoms with Gasteiger partial charge in [0.2, 0.25) is 0 Å². The highest BCUT2D eigenvalue weighted by molar-refractivity contribution is 9.10. The molecule has 2 N–H and O–H groups in total. The van der Waals surface area contributed by atoms with Crippen molar-refractivity contribution in [2.24, 2.45) is 0 Å². The third-order valence-electron chi connectivity index (χ3n) is 3.16. The average Bonchev–Trinajstić information content (AvgIpc) is 2.53. The van der Waals surface area contributed by atoms with Crippen LogP contribution in [0.15, 0.2) is 22.7 Å². The number of alkyl carbamates (subject to hydrolysis) is 1. The summed E-state index contributed by atoms with van der Waals surface area (Å²) in [5.41, 5.74) is -0.379. The Hall–Kier alpha value is -2.30. The molecular weight excluding hydrogens is 449 g/mol. The second kappa shape index (κ2) is 9.26. The van der Waals surface area contributed by atoms with Gasteiger partial charge in [-0.15, -0.1) is 0 Å². The highest BCUT2D eigenvalue weighted by Crippen LogP contribution is 2.26. The van der Waals surface area contributed by atoms with Crippen molar-refractivity contribution in [3.63, 3.8) is 0 Å². The predicted molar refractivity (Wildman–Crippen MR) is 97.7 cm³/mol. The van der Waals surface area contributed by atoms with Gasteiger partial charge in [0, 0.05) is 10.9 Å². The smallest absolute Gasteiger partial charge is 0.467 e. The molecule has 1 rings (SSSR count). The summed E-state index contributed by atoms with van der Waals surface area (Å²) in [5, 5.41) is 4.12. The molecule has 0 saturated carbocycles.